The van der Waals surface area contributed by atoms with E-state index in [1.807, 2.05) is 6.08 Å². The van der Waals surface area contributed by atoms with Crippen molar-refractivity contribution in [1.82, 2.24) is 5.32 Å². The number of aliphatic carboxylic acids is 1. The first-order chi connectivity index (χ1) is 7.56. The van der Waals surface area contributed by atoms with Crippen molar-refractivity contribution >= 4 is 11.9 Å². The Hall–Kier alpha value is -1.36. The summed E-state index contributed by atoms with van der Waals surface area (Å²) in [6, 6.07) is -0.340. The molecule has 5 nitrogen and oxygen atoms in total. The van der Waals surface area contributed by atoms with E-state index < -0.39 is 17.8 Å². The van der Waals surface area contributed by atoms with Crippen LogP contribution in [0.1, 0.15) is 19.8 Å². The van der Waals surface area contributed by atoms with Gasteiger partial charge in [0.05, 0.1) is 18.4 Å². The van der Waals surface area contributed by atoms with Gasteiger partial charge in [-0.3, -0.25) is 9.59 Å². The molecule has 5 heteroatoms. The molecular formula is C11H17NO4. The smallest absolute Gasteiger partial charge is 0.307 e. The molecule has 3 atom stereocenters. The van der Waals surface area contributed by atoms with Crippen LogP contribution in [0, 0.1) is 11.8 Å². The molecule has 0 radical (unpaired) electrons. The van der Waals surface area contributed by atoms with E-state index in [1.54, 1.807) is 13.0 Å². The first kappa shape index (κ1) is 12.7. The fourth-order valence-corrected chi connectivity index (χ4v) is 1.77. The Kier molecular flexibility index (Phi) is 4.49. The number of hydrogen-bond donors (Lipinski definition) is 3. The molecule has 0 aliphatic heterocycles. The van der Waals surface area contributed by atoms with Crippen LogP contribution in [-0.2, 0) is 9.59 Å². The number of carbonyl (C=O) groups excluding carboxylic acids is 1. The largest absolute Gasteiger partial charge is 0.481 e. The highest BCUT2D eigenvalue weighted by molar-refractivity contribution is 5.85. The summed E-state index contributed by atoms with van der Waals surface area (Å²) < 4.78 is 0. The number of aliphatic hydroxyl groups is 1. The number of carbonyl (C=O) groups is 2. The van der Waals surface area contributed by atoms with Gasteiger partial charge in [-0.1, -0.05) is 12.2 Å². The number of rotatable bonds is 4. The average Bonchev–Trinajstić information content (AvgIpc) is 2.28. The first-order valence-corrected chi connectivity index (χ1v) is 5.35. The molecule has 1 aliphatic carbocycles. The molecule has 3 unspecified atom stereocenters. The fourth-order valence-electron chi connectivity index (χ4n) is 1.77. The minimum absolute atomic E-state index is 0.147. The molecule has 1 aliphatic rings. The Bertz CT molecular complexity index is 300. The lowest BCUT2D eigenvalue weighted by molar-refractivity contribution is -0.147. The van der Waals surface area contributed by atoms with Crippen LogP contribution < -0.4 is 5.32 Å². The third-order valence-electron chi connectivity index (χ3n) is 2.75. The highest BCUT2D eigenvalue weighted by Crippen LogP contribution is 2.26. The van der Waals surface area contributed by atoms with Crippen molar-refractivity contribution in [1.29, 1.82) is 0 Å². The molecular weight excluding hydrogens is 210 g/mol. The van der Waals surface area contributed by atoms with Crippen molar-refractivity contribution < 1.29 is 19.8 Å². The van der Waals surface area contributed by atoms with Crippen LogP contribution in [0.5, 0.6) is 0 Å². The number of allylic oxidation sites excluding steroid dienone is 2. The van der Waals surface area contributed by atoms with E-state index in [1.165, 1.54) is 0 Å². The topological polar surface area (TPSA) is 86.6 Å². The lowest BCUT2D eigenvalue weighted by Gasteiger charge is -2.25. The number of aliphatic hydroxyl groups excluding tert-OH is 1. The zero-order valence-electron chi connectivity index (χ0n) is 9.22. The van der Waals surface area contributed by atoms with Gasteiger partial charge in [-0.15, -0.1) is 0 Å². The van der Waals surface area contributed by atoms with E-state index >= 15 is 0 Å². The van der Waals surface area contributed by atoms with Gasteiger partial charge in [0.2, 0.25) is 5.91 Å². The quantitative estimate of drug-likeness (QED) is 0.597. The molecule has 0 saturated heterocycles. The summed E-state index contributed by atoms with van der Waals surface area (Å²) in [5.41, 5.74) is 0. The fraction of sp³-hybridized carbons (Fsp3) is 0.636. The van der Waals surface area contributed by atoms with Crippen LogP contribution in [0.2, 0.25) is 0 Å². The number of amides is 1. The van der Waals surface area contributed by atoms with Gasteiger partial charge < -0.3 is 15.5 Å². The minimum Gasteiger partial charge on any atom is -0.481 e. The predicted octanol–water partition coefficient (Wildman–Crippen LogP) is 0.150. The maximum Gasteiger partial charge on any atom is 0.307 e. The number of hydrogen-bond acceptors (Lipinski definition) is 3. The summed E-state index contributed by atoms with van der Waals surface area (Å²) in [7, 11) is 0. The van der Waals surface area contributed by atoms with Gasteiger partial charge >= 0.3 is 5.97 Å². The summed E-state index contributed by atoms with van der Waals surface area (Å²) in [5.74, 6) is -2.42. The summed E-state index contributed by atoms with van der Waals surface area (Å²) in [6.45, 7) is 1.53. The molecule has 0 fully saturated rings. The van der Waals surface area contributed by atoms with E-state index in [2.05, 4.69) is 5.32 Å². The molecule has 1 amide bonds. The minimum atomic E-state index is -0.943. The summed E-state index contributed by atoms with van der Waals surface area (Å²) >= 11 is 0. The second kappa shape index (κ2) is 5.65. The van der Waals surface area contributed by atoms with Crippen molar-refractivity contribution in [3.05, 3.63) is 12.2 Å². The van der Waals surface area contributed by atoms with Crippen LogP contribution in [-0.4, -0.2) is 34.7 Å². The highest BCUT2D eigenvalue weighted by atomic mass is 16.4. The number of carboxylic acid groups (broad SMARTS) is 1. The SMILES string of the molecule is CC(CO)NC(=O)C1CC=CCC1C(=O)O. The van der Waals surface area contributed by atoms with E-state index in [9.17, 15) is 9.59 Å². The average molecular weight is 227 g/mol. The van der Waals surface area contributed by atoms with Crippen LogP contribution in [0.15, 0.2) is 12.2 Å². The zero-order valence-corrected chi connectivity index (χ0v) is 9.22. The van der Waals surface area contributed by atoms with Crippen molar-refractivity contribution in [3.63, 3.8) is 0 Å². The molecule has 0 bridgehead atoms. The lowest BCUT2D eigenvalue weighted by Crippen LogP contribution is -2.43. The van der Waals surface area contributed by atoms with Gasteiger partial charge in [-0.2, -0.15) is 0 Å². The predicted molar refractivity (Wildman–Crippen MR) is 57.7 cm³/mol. The maximum atomic E-state index is 11.8. The standard InChI is InChI=1S/C11H17NO4/c1-7(6-13)12-10(14)8-4-2-3-5-9(8)11(15)16/h2-3,7-9,13H,4-6H2,1H3,(H,12,14)(H,15,16). The summed E-state index contributed by atoms with van der Waals surface area (Å²) in [5, 5.41) is 20.4. The molecule has 0 aromatic heterocycles. The van der Waals surface area contributed by atoms with Gasteiger partial charge in [-0.05, 0) is 19.8 Å². The van der Waals surface area contributed by atoms with Crippen LogP contribution >= 0.6 is 0 Å². The molecule has 90 valence electrons. The second-order valence-electron chi connectivity index (χ2n) is 4.09. The van der Waals surface area contributed by atoms with Crippen molar-refractivity contribution in [3.8, 4) is 0 Å². The Labute approximate surface area is 94.2 Å². The van der Waals surface area contributed by atoms with Gasteiger partial charge in [0, 0.05) is 6.04 Å². The Morgan fingerprint density at radius 3 is 2.44 bits per heavy atom. The van der Waals surface area contributed by atoms with Gasteiger partial charge in [0.25, 0.3) is 0 Å². The summed E-state index contributed by atoms with van der Waals surface area (Å²) in [6.07, 6.45) is 4.45. The molecule has 3 N–H and O–H groups in total. The van der Waals surface area contributed by atoms with E-state index in [-0.39, 0.29) is 18.6 Å². The third-order valence-corrected chi connectivity index (χ3v) is 2.75. The molecule has 0 aromatic carbocycles. The molecule has 0 saturated carbocycles. The zero-order chi connectivity index (χ0) is 12.1. The lowest BCUT2D eigenvalue weighted by atomic mass is 9.82. The third kappa shape index (κ3) is 3.06. The van der Waals surface area contributed by atoms with Crippen LogP contribution in [0.25, 0.3) is 0 Å². The van der Waals surface area contributed by atoms with E-state index in [0.717, 1.165) is 0 Å². The second-order valence-corrected chi connectivity index (χ2v) is 4.09. The van der Waals surface area contributed by atoms with Crippen molar-refractivity contribution in [2.75, 3.05) is 6.61 Å². The Morgan fingerprint density at radius 2 is 1.94 bits per heavy atom. The molecule has 0 heterocycles. The first-order valence-electron chi connectivity index (χ1n) is 5.35. The van der Waals surface area contributed by atoms with Crippen molar-refractivity contribution in [2.24, 2.45) is 11.8 Å². The highest BCUT2D eigenvalue weighted by Gasteiger charge is 2.34. The number of carboxylic acids is 1. The normalized spacial score (nSPS) is 26.1. The molecule has 0 spiro atoms. The van der Waals surface area contributed by atoms with Crippen LogP contribution in [0.3, 0.4) is 0 Å². The molecule has 0 aromatic rings. The van der Waals surface area contributed by atoms with Gasteiger partial charge in [0.15, 0.2) is 0 Å². The number of nitrogens with one attached hydrogen (secondary N) is 1. The Balaban J connectivity index is 2.65. The molecule has 16 heavy (non-hydrogen) atoms. The van der Waals surface area contributed by atoms with E-state index in [0.29, 0.717) is 12.8 Å². The van der Waals surface area contributed by atoms with Crippen molar-refractivity contribution in [2.45, 2.75) is 25.8 Å². The maximum absolute atomic E-state index is 11.8. The van der Waals surface area contributed by atoms with Gasteiger partial charge in [0.1, 0.15) is 0 Å². The summed E-state index contributed by atoms with van der Waals surface area (Å²) in [4.78, 5) is 22.7. The van der Waals surface area contributed by atoms with E-state index in [4.69, 9.17) is 10.2 Å². The Morgan fingerprint density at radius 1 is 1.38 bits per heavy atom. The van der Waals surface area contributed by atoms with Gasteiger partial charge in [-0.25, -0.2) is 0 Å². The molecule has 1 rings (SSSR count). The monoisotopic (exact) mass is 227 g/mol. The van der Waals surface area contributed by atoms with Crippen LogP contribution in [0.4, 0.5) is 0 Å².